The molecule has 0 unspecified atom stereocenters. The van der Waals surface area contributed by atoms with E-state index in [1.54, 1.807) is 0 Å². The maximum absolute atomic E-state index is 5.47. The topological polar surface area (TPSA) is 85.4 Å². The van der Waals surface area contributed by atoms with Gasteiger partial charge in [-0.05, 0) is 45.7 Å². The Morgan fingerprint density at radius 2 is 1.91 bits per heavy atom. The van der Waals surface area contributed by atoms with Gasteiger partial charge in [-0.25, -0.2) is 19.5 Å². The van der Waals surface area contributed by atoms with Crippen LogP contribution < -0.4 is 5.32 Å². The molecule has 0 amide bonds. The smallest absolute Gasteiger partial charge is 0.241 e. The number of morpholine rings is 1. The number of aryl methyl sites for hydroxylation is 1. The number of fused-ring (bicyclic) bond motifs is 2. The monoisotopic (exact) mass is 446 g/mol. The molecule has 6 rings (SSSR count). The highest BCUT2D eigenvalue weighted by Gasteiger charge is 2.34. The molecule has 1 saturated carbocycles. The van der Waals surface area contributed by atoms with Gasteiger partial charge in [-0.1, -0.05) is 0 Å². The second-order valence-corrected chi connectivity index (χ2v) is 9.45. The Balaban J connectivity index is 1.21. The summed E-state index contributed by atoms with van der Waals surface area (Å²) in [5, 5.41) is 8.23. The molecule has 0 atom stereocenters. The van der Waals surface area contributed by atoms with E-state index in [4.69, 9.17) is 9.84 Å². The second kappa shape index (κ2) is 8.07. The molecule has 0 aromatic carbocycles. The Hall–Kier alpha value is -3.04. The van der Waals surface area contributed by atoms with E-state index in [-0.39, 0.29) is 0 Å². The fourth-order valence-corrected chi connectivity index (χ4v) is 5.23. The molecule has 33 heavy (non-hydrogen) atoms. The number of anilines is 1. The molecule has 4 aromatic heterocycles. The normalized spacial score (nSPS) is 21.7. The third kappa shape index (κ3) is 3.65. The number of hydrogen-bond acceptors (Lipinski definition) is 7. The van der Waals surface area contributed by atoms with Gasteiger partial charge in [-0.3, -0.25) is 4.90 Å². The lowest BCUT2D eigenvalue weighted by atomic mass is 9.85. The number of rotatable bonds is 5. The third-order valence-electron chi connectivity index (χ3n) is 6.98. The lowest BCUT2D eigenvalue weighted by molar-refractivity contribution is -0.00443. The minimum atomic E-state index is 0.323. The van der Waals surface area contributed by atoms with Gasteiger partial charge < -0.3 is 14.6 Å². The fraction of sp³-hybridized carbons (Fsp3) is 0.500. The van der Waals surface area contributed by atoms with Crippen molar-refractivity contribution in [2.75, 3.05) is 31.6 Å². The van der Waals surface area contributed by atoms with Crippen molar-refractivity contribution in [1.82, 2.24) is 34.0 Å². The van der Waals surface area contributed by atoms with E-state index in [0.29, 0.717) is 24.1 Å². The SMILES string of the molecule is Cc1nc2ncc(-c3ccn4nc(N[C@H]5C[C@@H](N6CCOCC6)C5)ncc34)cc2n1C(C)C. The number of nitrogens with one attached hydrogen (secondary N) is 1. The largest absolute Gasteiger partial charge is 0.379 e. The predicted octanol–water partition coefficient (Wildman–Crippen LogP) is 3.31. The van der Waals surface area contributed by atoms with Gasteiger partial charge in [0.05, 0.1) is 30.4 Å². The summed E-state index contributed by atoms with van der Waals surface area (Å²) in [5.74, 6) is 1.66. The van der Waals surface area contributed by atoms with Gasteiger partial charge >= 0.3 is 0 Å². The summed E-state index contributed by atoms with van der Waals surface area (Å²) in [7, 11) is 0. The lowest BCUT2D eigenvalue weighted by Gasteiger charge is -2.44. The first kappa shape index (κ1) is 20.6. The molecule has 0 bridgehead atoms. The Kier molecular flexibility index (Phi) is 5.03. The predicted molar refractivity (Wildman–Crippen MR) is 127 cm³/mol. The number of hydrogen-bond donors (Lipinski definition) is 1. The van der Waals surface area contributed by atoms with Crippen LogP contribution in [0.15, 0.2) is 30.7 Å². The number of pyridine rings is 1. The summed E-state index contributed by atoms with van der Waals surface area (Å²) in [6, 6.07) is 5.65. The minimum Gasteiger partial charge on any atom is -0.379 e. The molecular weight excluding hydrogens is 416 g/mol. The summed E-state index contributed by atoms with van der Waals surface area (Å²) in [4.78, 5) is 16.4. The summed E-state index contributed by atoms with van der Waals surface area (Å²) >= 11 is 0. The van der Waals surface area contributed by atoms with Crippen molar-refractivity contribution in [1.29, 1.82) is 0 Å². The molecule has 1 aliphatic carbocycles. The van der Waals surface area contributed by atoms with E-state index in [2.05, 4.69) is 55.7 Å². The average molecular weight is 447 g/mol. The van der Waals surface area contributed by atoms with E-state index in [1.165, 1.54) is 0 Å². The van der Waals surface area contributed by atoms with Crippen LogP contribution in [0.4, 0.5) is 5.95 Å². The van der Waals surface area contributed by atoms with Crippen LogP contribution in [0.1, 0.15) is 38.6 Å². The molecule has 9 nitrogen and oxygen atoms in total. The van der Waals surface area contributed by atoms with Crippen molar-refractivity contribution in [2.45, 2.75) is 51.7 Å². The molecule has 4 aromatic rings. The van der Waals surface area contributed by atoms with Gasteiger partial charge in [0, 0.05) is 54.7 Å². The van der Waals surface area contributed by atoms with Crippen LogP contribution in [-0.2, 0) is 4.74 Å². The average Bonchev–Trinajstić information content (AvgIpc) is 3.35. The van der Waals surface area contributed by atoms with Crippen molar-refractivity contribution in [3.05, 3.63) is 36.5 Å². The van der Waals surface area contributed by atoms with Crippen LogP contribution in [-0.4, -0.2) is 72.4 Å². The Morgan fingerprint density at radius 1 is 1.09 bits per heavy atom. The van der Waals surface area contributed by atoms with Crippen molar-refractivity contribution < 1.29 is 4.74 Å². The summed E-state index contributed by atoms with van der Waals surface area (Å²) in [5.41, 5.74) is 4.92. The van der Waals surface area contributed by atoms with Gasteiger partial charge in [0.15, 0.2) is 5.65 Å². The van der Waals surface area contributed by atoms with Crippen LogP contribution in [0.5, 0.6) is 0 Å². The summed E-state index contributed by atoms with van der Waals surface area (Å²) in [6.45, 7) is 10.2. The van der Waals surface area contributed by atoms with Crippen molar-refractivity contribution in [3.8, 4) is 11.1 Å². The van der Waals surface area contributed by atoms with Crippen LogP contribution in [0, 0.1) is 6.92 Å². The van der Waals surface area contributed by atoms with Gasteiger partial charge in [0.1, 0.15) is 5.82 Å². The van der Waals surface area contributed by atoms with Crippen molar-refractivity contribution in [3.63, 3.8) is 0 Å². The quantitative estimate of drug-likeness (QED) is 0.503. The second-order valence-electron chi connectivity index (χ2n) is 9.45. The molecule has 1 saturated heterocycles. The highest BCUT2D eigenvalue weighted by atomic mass is 16.5. The molecule has 172 valence electrons. The van der Waals surface area contributed by atoms with E-state index in [1.807, 2.05) is 30.0 Å². The van der Waals surface area contributed by atoms with Gasteiger partial charge in [-0.2, -0.15) is 0 Å². The third-order valence-corrected chi connectivity index (χ3v) is 6.98. The maximum Gasteiger partial charge on any atom is 0.241 e. The number of ether oxygens (including phenoxy) is 1. The standard InChI is InChI=1S/C24H30N8O/c1-15(2)32-16(3)27-23-21(32)10-17(13-25-23)20-4-5-31-22(20)14-26-24(29-31)28-18-11-19(12-18)30-6-8-33-9-7-30/h4-5,10,13-15,18-19H,6-9,11-12H2,1-3H3,(H,28,29)/t18-,19+. The Labute approximate surface area is 192 Å². The molecule has 2 fully saturated rings. The molecule has 1 N–H and O–H groups in total. The number of aromatic nitrogens is 6. The minimum absolute atomic E-state index is 0.323. The molecule has 0 spiro atoms. The fourth-order valence-electron chi connectivity index (χ4n) is 5.23. The molecular formula is C24H30N8O. The first-order valence-corrected chi connectivity index (χ1v) is 11.8. The first-order valence-electron chi connectivity index (χ1n) is 11.8. The highest BCUT2D eigenvalue weighted by molar-refractivity contribution is 5.85. The zero-order chi connectivity index (χ0) is 22.5. The van der Waals surface area contributed by atoms with E-state index in [0.717, 1.165) is 72.8 Å². The molecule has 2 aliphatic rings. The lowest BCUT2D eigenvalue weighted by Crippen LogP contribution is -2.53. The number of imidazole rings is 1. The van der Waals surface area contributed by atoms with E-state index >= 15 is 0 Å². The Bertz CT molecular complexity index is 1300. The Morgan fingerprint density at radius 3 is 2.70 bits per heavy atom. The molecule has 5 heterocycles. The zero-order valence-electron chi connectivity index (χ0n) is 19.4. The van der Waals surface area contributed by atoms with Crippen LogP contribution in [0.2, 0.25) is 0 Å². The van der Waals surface area contributed by atoms with Crippen molar-refractivity contribution >= 4 is 22.6 Å². The molecule has 9 heteroatoms. The number of nitrogens with zero attached hydrogens (tertiary/aromatic N) is 7. The summed E-state index contributed by atoms with van der Waals surface area (Å²) < 4.78 is 9.59. The first-order chi connectivity index (χ1) is 16.1. The van der Waals surface area contributed by atoms with Gasteiger partial charge in [0.2, 0.25) is 5.95 Å². The molecule has 1 aliphatic heterocycles. The van der Waals surface area contributed by atoms with Crippen LogP contribution >= 0.6 is 0 Å². The highest BCUT2D eigenvalue weighted by Crippen LogP contribution is 2.30. The maximum atomic E-state index is 5.47. The molecule has 0 radical (unpaired) electrons. The van der Waals surface area contributed by atoms with Gasteiger partial charge in [0.25, 0.3) is 0 Å². The van der Waals surface area contributed by atoms with E-state index in [9.17, 15) is 0 Å². The van der Waals surface area contributed by atoms with Gasteiger partial charge in [-0.15, -0.1) is 5.10 Å². The van der Waals surface area contributed by atoms with Crippen molar-refractivity contribution in [2.24, 2.45) is 0 Å². The van der Waals surface area contributed by atoms with Crippen LogP contribution in [0.3, 0.4) is 0 Å². The zero-order valence-corrected chi connectivity index (χ0v) is 19.4. The van der Waals surface area contributed by atoms with Crippen LogP contribution in [0.25, 0.3) is 27.8 Å². The van der Waals surface area contributed by atoms with E-state index < -0.39 is 0 Å². The summed E-state index contributed by atoms with van der Waals surface area (Å²) in [6.07, 6.45) is 8.04.